The molecule has 7 heteroatoms. The van der Waals surface area contributed by atoms with E-state index in [1.807, 2.05) is 18.2 Å². The highest BCUT2D eigenvalue weighted by atomic mass is 32.1. The maximum Gasteiger partial charge on any atom is 0.375 e. The molecule has 134 valence electrons. The first-order valence-electron chi connectivity index (χ1n) is 7.97. The predicted octanol–water partition coefficient (Wildman–Crippen LogP) is 3.48. The number of benzene rings is 1. The van der Waals surface area contributed by atoms with Crippen LogP contribution in [0.3, 0.4) is 0 Å². The standard InChI is InChI=1S/C19H17NO5S/c1-11-14-5-3-4-6-16(14)25-18(11)19(23)24-10-15(22)17-8-7-13(26-17)9-20-12(2)21/h3-8H,9-10H2,1-2H3,(H,20,21). The zero-order valence-corrected chi connectivity index (χ0v) is 15.1. The van der Waals surface area contributed by atoms with Crippen LogP contribution in [-0.2, 0) is 16.1 Å². The second kappa shape index (κ2) is 7.53. The van der Waals surface area contributed by atoms with Gasteiger partial charge in [0.25, 0.3) is 0 Å². The summed E-state index contributed by atoms with van der Waals surface area (Å²) in [6.07, 6.45) is 0. The first kappa shape index (κ1) is 17.9. The molecule has 0 radical (unpaired) electrons. The molecule has 0 atom stereocenters. The van der Waals surface area contributed by atoms with Crippen molar-refractivity contribution in [1.82, 2.24) is 5.32 Å². The van der Waals surface area contributed by atoms with Gasteiger partial charge in [0, 0.05) is 22.8 Å². The van der Waals surface area contributed by atoms with E-state index in [0.29, 0.717) is 22.6 Å². The van der Waals surface area contributed by atoms with Gasteiger partial charge in [0.15, 0.2) is 6.61 Å². The average Bonchev–Trinajstić information content (AvgIpc) is 3.23. The van der Waals surface area contributed by atoms with Gasteiger partial charge in [-0.25, -0.2) is 4.79 Å². The first-order chi connectivity index (χ1) is 12.5. The Balaban J connectivity index is 1.62. The molecule has 0 aliphatic rings. The maximum atomic E-state index is 12.2. The number of furan rings is 1. The van der Waals surface area contributed by atoms with Gasteiger partial charge < -0.3 is 14.5 Å². The molecule has 26 heavy (non-hydrogen) atoms. The molecule has 0 saturated carbocycles. The summed E-state index contributed by atoms with van der Waals surface area (Å²) < 4.78 is 10.7. The smallest absolute Gasteiger partial charge is 0.375 e. The molecule has 1 aromatic carbocycles. The Bertz CT molecular complexity index is 985. The zero-order chi connectivity index (χ0) is 18.7. The van der Waals surface area contributed by atoms with Crippen LogP contribution in [0.2, 0.25) is 0 Å². The van der Waals surface area contributed by atoms with Crippen molar-refractivity contribution in [3.05, 3.63) is 57.5 Å². The van der Waals surface area contributed by atoms with Crippen molar-refractivity contribution in [2.45, 2.75) is 20.4 Å². The fourth-order valence-corrected chi connectivity index (χ4v) is 3.34. The van der Waals surface area contributed by atoms with Crippen molar-refractivity contribution in [3.63, 3.8) is 0 Å². The summed E-state index contributed by atoms with van der Waals surface area (Å²) in [4.78, 5) is 36.7. The number of hydrogen-bond donors (Lipinski definition) is 1. The summed E-state index contributed by atoms with van der Waals surface area (Å²) in [6.45, 7) is 3.21. The monoisotopic (exact) mass is 371 g/mol. The molecular weight excluding hydrogens is 354 g/mol. The molecule has 6 nitrogen and oxygen atoms in total. The van der Waals surface area contributed by atoms with E-state index in [2.05, 4.69) is 5.32 Å². The van der Waals surface area contributed by atoms with Crippen LogP contribution in [0.25, 0.3) is 11.0 Å². The second-order valence-corrected chi connectivity index (χ2v) is 6.90. The normalized spacial score (nSPS) is 10.7. The van der Waals surface area contributed by atoms with Crippen molar-refractivity contribution in [1.29, 1.82) is 0 Å². The van der Waals surface area contributed by atoms with Gasteiger partial charge in [-0.1, -0.05) is 18.2 Å². The molecule has 0 fully saturated rings. The van der Waals surface area contributed by atoms with E-state index in [1.54, 1.807) is 25.1 Å². The number of esters is 1. The van der Waals surface area contributed by atoms with Crippen LogP contribution in [0.15, 0.2) is 40.8 Å². The lowest BCUT2D eigenvalue weighted by atomic mass is 10.1. The highest BCUT2D eigenvalue weighted by Gasteiger charge is 2.20. The Morgan fingerprint density at radius 1 is 1.15 bits per heavy atom. The van der Waals surface area contributed by atoms with Crippen LogP contribution in [-0.4, -0.2) is 24.3 Å². The van der Waals surface area contributed by atoms with Crippen molar-refractivity contribution in [3.8, 4) is 0 Å². The quantitative estimate of drug-likeness (QED) is 0.530. The number of amides is 1. The van der Waals surface area contributed by atoms with Crippen LogP contribution in [0, 0.1) is 6.92 Å². The molecule has 0 bridgehead atoms. The molecular formula is C19H17NO5S. The summed E-state index contributed by atoms with van der Waals surface area (Å²) in [7, 11) is 0. The van der Waals surface area contributed by atoms with E-state index >= 15 is 0 Å². The fraction of sp³-hybridized carbons (Fsp3) is 0.211. The van der Waals surface area contributed by atoms with Crippen LogP contribution < -0.4 is 5.32 Å². The number of Topliss-reactive ketones (excluding diaryl/α,β-unsaturated/α-hetero) is 1. The Morgan fingerprint density at radius 2 is 1.92 bits per heavy atom. The number of thiophene rings is 1. The number of para-hydroxylation sites is 1. The van der Waals surface area contributed by atoms with Gasteiger partial charge in [-0.05, 0) is 25.1 Å². The average molecular weight is 371 g/mol. The third-order valence-electron chi connectivity index (χ3n) is 3.81. The number of nitrogens with one attached hydrogen (secondary N) is 1. The molecule has 0 aliphatic heterocycles. The van der Waals surface area contributed by atoms with E-state index in [-0.39, 0.29) is 24.1 Å². The molecule has 0 aliphatic carbocycles. The van der Waals surface area contributed by atoms with Crippen molar-refractivity contribution < 1.29 is 23.5 Å². The topological polar surface area (TPSA) is 85.6 Å². The Kier molecular flexibility index (Phi) is 5.18. The molecule has 1 N–H and O–H groups in total. The molecule has 1 amide bonds. The Morgan fingerprint density at radius 3 is 2.65 bits per heavy atom. The third-order valence-corrected chi connectivity index (χ3v) is 4.94. The van der Waals surface area contributed by atoms with Crippen LogP contribution in [0.1, 0.15) is 37.6 Å². The molecule has 0 saturated heterocycles. The summed E-state index contributed by atoms with van der Waals surface area (Å²) in [5.74, 6) is -0.994. The number of hydrogen-bond acceptors (Lipinski definition) is 6. The van der Waals surface area contributed by atoms with Crippen molar-refractivity contribution in [2.75, 3.05) is 6.61 Å². The van der Waals surface area contributed by atoms with Crippen molar-refractivity contribution >= 4 is 40.0 Å². The number of aryl methyl sites for hydroxylation is 1. The van der Waals surface area contributed by atoms with Gasteiger partial charge in [-0.15, -0.1) is 11.3 Å². The largest absolute Gasteiger partial charge is 0.451 e. The van der Waals surface area contributed by atoms with Gasteiger partial charge >= 0.3 is 5.97 Å². The fourth-order valence-electron chi connectivity index (χ4n) is 2.47. The van der Waals surface area contributed by atoms with Gasteiger partial charge in [0.2, 0.25) is 17.5 Å². The van der Waals surface area contributed by atoms with E-state index in [1.165, 1.54) is 18.3 Å². The molecule has 3 rings (SSSR count). The van der Waals surface area contributed by atoms with Gasteiger partial charge in [0.05, 0.1) is 11.4 Å². The molecule has 0 spiro atoms. The number of ether oxygens (including phenoxy) is 1. The lowest BCUT2D eigenvalue weighted by Gasteiger charge is -2.02. The second-order valence-electron chi connectivity index (χ2n) is 5.73. The highest BCUT2D eigenvalue weighted by Crippen LogP contribution is 2.25. The van der Waals surface area contributed by atoms with Gasteiger partial charge in [0.1, 0.15) is 5.58 Å². The third kappa shape index (κ3) is 3.83. The van der Waals surface area contributed by atoms with E-state index in [0.717, 1.165) is 10.3 Å². The number of ketones is 1. The van der Waals surface area contributed by atoms with Crippen molar-refractivity contribution in [2.24, 2.45) is 0 Å². The minimum absolute atomic E-state index is 0.108. The molecule has 2 heterocycles. The Hall–Kier alpha value is -2.93. The summed E-state index contributed by atoms with van der Waals surface area (Å²) >= 11 is 1.26. The maximum absolute atomic E-state index is 12.2. The predicted molar refractivity (Wildman–Crippen MR) is 97.4 cm³/mol. The van der Waals surface area contributed by atoms with Crippen LogP contribution in [0.5, 0.6) is 0 Å². The zero-order valence-electron chi connectivity index (χ0n) is 14.3. The van der Waals surface area contributed by atoms with Crippen LogP contribution in [0.4, 0.5) is 0 Å². The lowest BCUT2D eigenvalue weighted by molar-refractivity contribution is -0.119. The molecule has 0 unspecified atom stereocenters. The van der Waals surface area contributed by atoms with E-state index in [9.17, 15) is 14.4 Å². The lowest BCUT2D eigenvalue weighted by Crippen LogP contribution is -2.18. The number of carbonyl (C=O) groups is 3. The molecule has 3 aromatic rings. The highest BCUT2D eigenvalue weighted by molar-refractivity contribution is 7.14. The number of carbonyl (C=O) groups excluding carboxylic acids is 3. The molecule has 2 aromatic heterocycles. The first-order valence-corrected chi connectivity index (χ1v) is 8.79. The minimum atomic E-state index is -0.665. The summed E-state index contributed by atoms with van der Waals surface area (Å²) in [5, 5.41) is 3.51. The minimum Gasteiger partial charge on any atom is -0.451 e. The van der Waals surface area contributed by atoms with Crippen LogP contribution >= 0.6 is 11.3 Å². The van der Waals surface area contributed by atoms with E-state index < -0.39 is 5.97 Å². The van der Waals surface area contributed by atoms with Gasteiger partial charge in [-0.2, -0.15) is 0 Å². The summed E-state index contributed by atoms with van der Waals surface area (Å²) in [6, 6.07) is 10.7. The number of rotatable bonds is 6. The van der Waals surface area contributed by atoms with E-state index in [4.69, 9.17) is 9.15 Å². The number of fused-ring (bicyclic) bond motifs is 1. The Labute approximate surface area is 153 Å². The van der Waals surface area contributed by atoms with Gasteiger partial charge in [-0.3, -0.25) is 9.59 Å². The SMILES string of the molecule is CC(=O)NCc1ccc(C(=O)COC(=O)c2oc3ccccc3c2C)s1. The summed E-state index contributed by atoms with van der Waals surface area (Å²) in [5.41, 5.74) is 1.29.